The van der Waals surface area contributed by atoms with Gasteiger partial charge in [0.25, 0.3) is 0 Å². The van der Waals surface area contributed by atoms with Gasteiger partial charge in [0, 0.05) is 36.1 Å². The molecule has 0 aliphatic heterocycles. The van der Waals surface area contributed by atoms with Crippen molar-refractivity contribution in [3.05, 3.63) is 53.8 Å². The lowest BCUT2D eigenvalue weighted by atomic mass is 10.1. The molecule has 2 N–H and O–H groups in total. The third-order valence-corrected chi connectivity index (χ3v) is 3.26. The summed E-state index contributed by atoms with van der Waals surface area (Å²) in [6.07, 6.45) is 0. The number of benzene rings is 2. The molecule has 2 aromatic rings. The molecule has 2 rings (SSSR count). The van der Waals surface area contributed by atoms with Crippen molar-refractivity contribution >= 4 is 11.4 Å². The van der Waals surface area contributed by atoms with Gasteiger partial charge in [0.2, 0.25) is 0 Å². The zero-order valence-electron chi connectivity index (χ0n) is 11.8. The van der Waals surface area contributed by atoms with Gasteiger partial charge < -0.3 is 15.4 Å². The number of nitrogen functional groups attached to an aromatic ring is 1. The van der Waals surface area contributed by atoms with E-state index in [2.05, 4.69) is 4.90 Å². The molecule has 106 valence electrons. The highest BCUT2D eigenvalue weighted by Crippen LogP contribution is 2.22. The first-order valence-electron chi connectivity index (χ1n) is 6.57. The largest absolute Gasteiger partial charge is 0.497 e. The highest BCUT2D eigenvalue weighted by atomic mass is 19.1. The monoisotopic (exact) mass is 274 g/mol. The Morgan fingerprint density at radius 3 is 2.40 bits per heavy atom. The molecule has 0 amide bonds. The predicted molar refractivity (Wildman–Crippen MR) is 80.5 cm³/mol. The first-order valence-corrected chi connectivity index (χ1v) is 6.57. The second-order valence-corrected chi connectivity index (χ2v) is 4.56. The number of hydrogen-bond acceptors (Lipinski definition) is 3. The number of nitrogens with zero attached hydrogens (tertiary/aromatic N) is 1. The quantitative estimate of drug-likeness (QED) is 0.849. The number of hydrogen-bond donors (Lipinski definition) is 1. The number of halogens is 1. The van der Waals surface area contributed by atoms with Gasteiger partial charge >= 0.3 is 0 Å². The molecule has 0 unspecified atom stereocenters. The minimum atomic E-state index is -0.252. The van der Waals surface area contributed by atoms with Crippen molar-refractivity contribution in [3.8, 4) is 5.75 Å². The Labute approximate surface area is 118 Å². The summed E-state index contributed by atoms with van der Waals surface area (Å²) in [4.78, 5) is 2.09. The summed E-state index contributed by atoms with van der Waals surface area (Å²) in [7, 11) is 1.53. The number of rotatable bonds is 5. The summed E-state index contributed by atoms with van der Waals surface area (Å²) < 4.78 is 19.0. The summed E-state index contributed by atoms with van der Waals surface area (Å²) in [6, 6.07) is 12.5. The van der Waals surface area contributed by atoms with E-state index in [0.29, 0.717) is 17.9 Å². The summed E-state index contributed by atoms with van der Waals surface area (Å²) in [5.41, 5.74) is 8.08. The van der Waals surface area contributed by atoms with E-state index in [0.717, 1.165) is 17.9 Å². The van der Waals surface area contributed by atoms with Crippen molar-refractivity contribution in [3.63, 3.8) is 0 Å². The lowest BCUT2D eigenvalue weighted by molar-refractivity contribution is 0.410. The number of anilines is 2. The van der Waals surface area contributed by atoms with Crippen LogP contribution in [0.15, 0.2) is 42.5 Å². The van der Waals surface area contributed by atoms with Crippen molar-refractivity contribution < 1.29 is 9.13 Å². The van der Waals surface area contributed by atoms with Crippen LogP contribution in [0.25, 0.3) is 0 Å². The van der Waals surface area contributed by atoms with Gasteiger partial charge in [0.1, 0.15) is 11.6 Å². The lowest BCUT2D eigenvalue weighted by Crippen LogP contribution is -2.22. The van der Waals surface area contributed by atoms with E-state index in [1.807, 2.05) is 31.2 Å². The molecule has 0 heterocycles. The van der Waals surface area contributed by atoms with Crippen LogP contribution in [-0.4, -0.2) is 13.7 Å². The predicted octanol–water partition coefficient (Wildman–Crippen LogP) is 3.44. The fourth-order valence-electron chi connectivity index (χ4n) is 2.06. The second-order valence-electron chi connectivity index (χ2n) is 4.56. The molecule has 0 radical (unpaired) electrons. The average molecular weight is 274 g/mol. The van der Waals surface area contributed by atoms with Crippen molar-refractivity contribution in [2.24, 2.45) is 0 Å². The molecule has 4 heteroatoms. The molecule has 0 fully saturated rings. The summed E-state index contributed by atoms with van der Waals surface area (Å²) >= 11 is 0. The van der Waals surface area contributed by atoms with Crippen molar-refractivity contribution in [1.82, 2.24) is 0 Å². The van der Waals surface area contributed by atoms with Gasteiger partial charge in [-0.3, -0.25) is 0 Å². The minimum absolute atomic E-state index is 0.252. The van der Waals surface area contributed by atoms with Crippen LogP contribution in [0.5, 0.6) is 5.75 Å². The molecule has 0 saturated heterocycles. The average Bonchev–Trinajstić information content (AvgIpc) is 2.47. The molecule has 20 heavy (non-hydrogen) atoms. The molecule has 0 aliphatic carbocycles. The van der Waals surface area contributed by atoms with E-state index < -0.39 is 0 Å². The standard InChI is InChI=1S/C16H19FN2O/c1-3-19(14-7-5-13(18)6-8-14)11-12-4-9-15(20-2)10-16(12)17/h4-10H,3,11,18H2,1-2H3. The molecular weight excluding hydrogens is 255 g/mol. The van der Waals surface area contributed by atoms with Gasteiger partial charge in [0.15, 0.2) is 0 Å². The topological polar surface area (TPSA) is 38.5 Å². The third kappa shape index (κ3) is 3.20. The maximum atomic E-state index is 14.0. The van der Waals surface area contributed by atoms with Gasteiger partial charge in [-0.1, -0.05) is 6.07 Å². The molecule has 3 nitrogen and oxygen atoms in total. The van der Waals surface area contributed by atoms with Crippen molar-refractivity contribution in [2.45, 2.75) is 13.5 Å². The number of methoxy groups -OCH3 is 1. The first-order chi connectivity index (χ1) is 9.63. The Morgan fingerprint density at radius 2 is 1.85 bits per heavy atom. The van der Waals surface area contributed by atoms with Crippen LogP contribution in [0, 0.1) is 5.82 Å². The fourth-order valence-corrected chi connectivity index (χ4v) is 2.06. The maximum Gasteiger partial charge on any atom is 0.131 e. The number of nitrogens with two attached hydrogens (primary N) is 1. The summed E-state index contributed by atoms with van der Waals surface area (Å²) in [6.45, 7) is 3.34. The van der Waals surface area contributed by atoms with Crippen LogP contribution in [-0.2, 0) is 6.54 Å². The van der Waals surface area contributed by atoms with Gasteiger partial charge in [0.05, 0.1) is 7.11 Å². The van der Waals surface area contributed by atoms with Crippen LogP contribution in [0.3, 0.4) is 0 Å². The van der Waals surface area contributed by atoms with Crippen LogP contribution in [0.4, 0.5) is 15.8 Å². The van der Waals surface area contributed by atoms with Crippen LogP contribution in [0.1, 0.15) is 12.5 Å². The Morgan fingerprint density at radius 1 is 1.15 bits per heavy atom. The van der Waals surface area contributed by atoms with Gasteiger partial charge in [-0.15, -0.1) is 0 Å². The molecular formula is C16H19FN2O. The van der Waals surface area contributed by atoms with E-state index in [-0.39, 0.29) is 5.82 Å². The molecule has 0 saturated carbocycles. The van der Waals surface area contributed by atoms with E-state index in [1.165, 1.54) is 13.2 Å². The SMILES string of the molecule is CCN(Cc1ccc(OC)cc1F)c1ccc(N)cc1. The lowest BCUT2D eigenvalue weighted by Gasteiger charge is -2.23. The Bertz CT molecular complexity index is 569. The summed E-state index contributed by atoms with van der Waals surface area (Å²) in [5, 5.41) is 0. The highest BCUT2D eigenvalue weighted by molar-refractivity contribution is 5.53. The smallest absolute Gasteiger partial charge is 0.131 e. The Hall–Kier alpha value is -2.23. The fraction of sp³-hybridized carbons (Fsp3) is 0.250. The second kappa shape index (κ2) is 6.28. The van der Waals surface area contributed by atoms with Gasteiger partial charge in [-0.05, 0) is 37.3 Å². The molecule has 0 aromatic heterocycles. The molecule has 0 atom stereocenters. The third-order valence-electron chi connectivity index (χ3n) is 3.26. The zero-order chi connectivity index (χ0) is 14.5. The van der Waals surface area contributed by atoms with Crippen LogP contribution in [0.2, 0.25) is 0 Å². The summed E-state index contributed by atoms with van der Waals surface area (Å²) in [5.74, 6) is 0.278. The van der Waals surface area contributed by atoms with Crippen molar-refractivity contribution in [2.75, 3.05) is 24.3 Å². The molecule has 2 aromatic carbocycles. The van der Waals surface area contributed by atoms with E-state index >= 15 is 0 Å². The van der Waals surface area contributed by atoms with Crippen LogP contribution < -0.4 is 15.4 Å². The molecule has 0 bridgehead atoms. The van der Waals surface area contributed by atoms with Crippen LogP contribution >= 0.6 is 0 Å². The zero-order valence-corrected chi connectivity index (χ0v) is 11.8. The Kier molecular flexibility index (Phi) is 4.45. The minimum Gasteiger partial charge on any atom is -0.497 e. The van der Waals surface area contributed by atoms with E-state index in [4.69, 9.17) is 10.5 Å². The normalized spacial score (nSPS) is 10.3. The molecule has 0 aliphatic rings. The van der Waals surface area contributed by atoms with Crippen molar-refractivity contribution in [1.29, 1.82) is 0 Å². The molecule has 0 spiro atoms. The van der Waals surface area contributed by atoms with E-state index in [1.54, 1.807) is 12.1 Å². The van der Waals surface area contributed by atoms with Gasteiger partial charge in [-0.25, -0.2) is 4.39 Å². The number of ether oxygens (including phenoxy) is 1. The van der Waals surface area contributed by atoms with E-state index in [9.17, 15) is 4.39 Å². The first kappa shape index (κ1) is 14.2. The Balaban J connectivity index is 2.20. The van der Waals surface area contributed by atoms with Gasteiger partial charge in [-0.2, -0.15) is 0 Å². The highest BCUT2D eigenvalue weighted by Gasteiger charge is 2.09. The maximum absolute atomic E-state index is 14.0.